The van der Waals surface area contributed by atoms with Crippen molar-refractivity contribution in [2.75, 3.05) is 10.6 Å². The van der Waals surface area contributed by atoms with Crippen molar-refractivity contribution in [2.24, 2.45) is 0 Å². The first-order valence-corrected chi connectivity index (χ1v) is 7.65. The summed E-state index contributed by atoms with van der Waals surface area (Å²) in [4.78, 5) is 9.10. The zero-order valence-corrected chi connectivity index (χ0v) is 12.7. The Hall–Kier alpha value is -2.10. The van der Waals surface area contributed by atoms with Crippen molar-refractivity contribution in [1.29, 1.82) is 0 Å². The normalized spacial score (nSPS) is 15.1. The van der Waals surface area contributed by atoms with Gasteiger partial charge in [-0.1, -0.05) is 31.0 Å². The molecule has 0 atom stereocenters. The maximum atomic E-state index is 4.60. The molecule has 2 aromatic rings. The molecule has 0 unspecified atom stereocenters. The lowest BCUT2D eigenvalue weighted by molar-refractivity contribution is 0.743. The summed E-state index contributed by atoms with van der Waals surface area (Å²) in [6.07, 6.45) is 5.05. The van der Waals surface area contributed by atoms with E-state index in [1.165, 1.54) is 31.2 Å². The maximum Gasteiger partial charge on any atom is 0.225 e. The van der Waals surface area contributed by atoms with Gasteiger partial charge in [-0.25, -0.2) is 4.98 Å². The minimum atomic E-state index is 0.526. The van der Waals surface area contributed by atoms with Gasteiger partial charge in [0, 0.05) is 23.5 Å². The summed E-state index contributed by atoms with van der Waals surface area (Å²) in [5, 5.41) is 6.85. The van der Waals surface area contributed by atoms with Crippen LogP contribution in [0.2, 0.25) is 0 Å². The molecule has 21 heavy (non-hydrogen) atoms. The van der Waals surface area contributed by atoms with Gasteiger partial charge in [0.25, 0.3) is 0 Å². The molecule has 1 aliphatic carbocycles. The van der Waals surface area contributed by atoms with Crippen LogP contribution < -0.4 is 10.6 Å². The minimum absolute atomic E-state index is 0.526. The summed E-state index contributed by atoms with van der Waals surface area (Å²) in [6.45, 7) is 4.10. The average Bonchev–Trinajstić information content (AvgIpc) is 2.93. The van der Waals surface area contributed by atoms with E-state index in [0.717, 1.165) is 23.1 Å². The Labute approximate surface area is 126 Å². The highest BCUT2D eigenvalue weighted by molar-refractivity contribution is 5.61. The molecule has 0 spiro atoms. The topological polar surface area (TPSA) is 49.8 Å². The number of anilines is 3. The first-order chi connectivity index (χ1) is 10.2. The monoisotopic (exact) mass is 282 g/mol. The Balaban J connectivity index is 1.79. The zero-order valence-electron chi connectivity index (χ0n) is 12.7. The lowest BCUT2D eigenvalue weighted by Gasteiger charge is -2.14. The van der Waals surface area contributed by atoms with E-state index in [1.54, 1.807) is 0 Å². The number of hydrogen-bond acceptors (Lipinski definition) is 4. The molecule has 1 aliphatic rings. The number of benzene rings is 1. The fraction of sp³-hybridized carbons (Fsp3) is 0.412. The molecule has 1 aromatic heterocycles. The predicted molar refractivity (Wildman–Crippen MR) is 87.1 cm³/mol. The third-order valence-electron chi connectivity index (χ3n) is 3.95. The Morgan fingerprint density at radius 3 is 2.57 bits per heavy atom. The molecule has 3 rings (SSSR count). The van der Waals surface area contributed by atoms with Gasteiger partial charge < -0.3 is 10.6 Å². The molecule has 2 N–H and O–H groups in total. The highest BCUT2D eigenvalue weighted by Crippen LogP contribution is 2.23. The molecule has 1 fully saturated rings. The summed E-state index contributed by atoms with van der Waals surface area (Å²) in [5.74, 6) is 1.58. The molecule has 0 radical (unpaired) electrons. The Kier molecular flexibility index (Phi) is 4.04. The number of hydrogen-bond donors (Lipinski definition) is 2. The zero-order chi connectivity index (χ0) is 14.7. The third-order valence-corrected chi connectivity index (χ3v) is 3.95. The van der Waals surface area contributed by atoms with Gasteiger partial charge in [-0.05, 0) is 38.3 Å². The van der Waals surface area contributed by atoms with Crippen LogP contribution in [-0.2, 0) is 0 Å². The lowest BCUT2D eigenvalue weighted by atomic mass is 10.2. The second-order valence-electron chi connectivity index (χ2n) is 5.78. The molecule has 0 aliphatic heterocycles. The summed E-state index contributed by atoms with van der Waals surface area (Å²) in [7, 11) is 0. The van der Waals surface area contributed by atoms with Crippen molar-refractivity contribution in [3.05, 3.63) is 41.6 Å². The van der Waals surface area contributed by atoms with Crippen molar-refractivity contribution in [3.8, 4) is 0 Å². The molecule has 0 amide bonds. The van der Waals surface area contributed by atoms with Gasteiger partial charge in [0.15, 0.2) is 0 Å². The molecular weight excluding hydrogens is 260 g/mol. The van der Waals surface area contributed by atoms with Crippen LogP contribution in [0.3, 0.4) is 0 Å². The molecule has 110 valence electrons. The molecule has 1 saturated carbocycles. The van der Waals surface area contributed by atoms with Crippen molar-refractivity contribution in [2.45, 2.75) is 45.6 Å². The minimum Gasteiger partial charge on any atom is -0.351 e. The van der Waals surface area contributed by atoms with Crippen LogP contribution in [0.25, 0.3) is 0 Å². The first-order valence-electron chi connectivity index (χ1n) is 7.65. The second kappa shape index (κ2) is 6.12. The number of para-hydroxylation sites is 1. The SMILES string of the molecule is Cc1cc(Nc2ccccc2C)nc(NC2CCCC2)n1. The summed E-state index contributed by atoms with van der Waals surface area (Å²) in [6, 6.07) is 10.7. The van der Waals surface area contributed by atoms with Crippen molar-refractivity contribution < 1.29 is 0 Å². The third kappa shape index (κ3) is 3.51. The van der Waals surface area contributed by atoms with Crippen LogP contribution in [0.1, 0.15) is 36.9 Å². The van der Waals surface area contributed by atoms with Crippen molar-refractivity contribution >= 4 is 17.5 Å². The Morgan fingerprint density at radius 2 is 1.81 bits per heavy atom. The summed E-state index contributed by atoms with van der Waals surface area (Å²) < 4.78 is 0. The molecule has 0 bridgehead atoms. The maximum absolute atomic E-state index is 4.60. The Morgan fingerprint density at radius 1 is 1.05 bits per heavy atom. The van der Waals surface area contributed by atoms with E-state index in [4.69, 9.17) is 0 Å². The Bertz CT molecular complexity index is 618. The molecule has 4 heteroatoms. The molecule has 1 heterocycles. The van der Waals surface area contributed by atoms with Gasteiger partial charge in [-0.2, -0.15) is 4.98 Å². The van der Waals surface area contributed by atoms with Crippen LogP contribution in [0.15, 0.2) is 30.3 Å². The number of aromatic nitrogens is 2. The number of rotatable bonds is 4. The van der Waals surface area contributed by atoms with E-state index in [0.29, 0.717) is 6.04 Å². The van der Waals surface area contributed by atoms with E-state index in [9.17, 15) is 0 Å². The molecule has 1 aromatic carbocycles. The van der Waals surface area contributed by atoms with Crippen LogP contribution in [-0.4, -0.2) is 16.0 Å². The van der Waals surface area contributed by atoms with Crippen LogP contribution in [0.5, 0.6) is 0 Å². The van der Waals surface area contributed by atoms with Gasteiger partial charge in [0.05, 0.1) is 0 Å². The van der Waals surface area contributed by atoms with Crippen molar-refractivity contribution in [1.82, 2.24) is 9.97 Å². The summed E-state index contributed by atoms with van der Waals surface area (Å²) in [5.41, 5.74) is 3.27. The molecule has 4 nitrogen and oxygen atoms in total. The largest absolute Gasteiger partial charge is 0.351 e. The highest BCUT2D eigenvalue weighted by atomic mass is 15.2. The summed E-state index contributed by atoms with van der Waals surface area (Å²) >= 11 is 0. The first kappa shape index (κ1) is 13.9. The molecular formula is C17H22N4. The van der Waals surface area contributed by atoms with Crippen LogP contribution in [0, 0.1) is 13.8 Å². The van der Waals surface area contributed by atoms with E-state index in [-0.39, 0.29) is 0 Å². The van der Waals surface area contributed by atoms with E-state index >= 15 is 0 Å². The van der Waals surface area contributed by atoms with Crippen molar-refractivity contribution in [3.63, 3.8) is 0 Å². The lowest BCUT2D eigenvalue weighted by Crippen LogP contribution is -2.17. The van der Waals surface area contributed by atoms with E-state index in [1.807, 2.05) is 25.1 Å². The smallest absolute Gasteiger partial charge is 0.225 e. The van der Waals surface area contributed by atoms with Gasteiger partial charge in [0.2, 0.25) is 5.95 Å². The van der Waals surface area contributed by atoms with Gasteiger partial charge in [0.1, 0.15) is 5.82 Å². The number of aryl methyl sites for hydroxylation is 2. The van der Waals surface area contributed by atoms with E-state index in [2.05, 4.69) is 39.7 Å². The highest BCUT2D eigenvalue weighted by Gasteiger charge is 2.16. The predicted octanol–water partition coefficient (Wildman–Crippen LogP) is 4.19. The standard InChI is InChI=1S/C17H22N4/c1-12-7-3-6-10-15(12)20-16-11-13(2)18-17(21-16)19-14-8-4-5-9-14/h3,6-7,10-11,14H,4-5,8-9H2,1-2H3,(H2,18,19,20,21). The second-order valence-corrected chi connectivity index (χ2v) is 5.78. The van der Waals surface area contributed by atoms with Gasteiger partial charge in [-0.15, -0.1) is 0 Å². The van der Waals surface area contributed by atoms with Gasteiger partial charge >= 0.3 is 0 Å². The quantitative estimate of drug-likeness (QED) is 0.882. The average molecular weight is 282 g/mol. The number of nitrogens with one attached hydrogen (secondary N) is 2. The fourth-order valence-corrected chi connectivity index (χ4v) is 2.80. The van der Waals surface area contributed by atoms with Crippen LogP contribution in [0.4, 0.5) is 17.5 Å². The molecule has 0 saturated heterocycles. The fourth-order valence-electron chi connectivity index (χ4n) is 2.80. The van der Waals surface area contributed by atoms with Crippen LogP contribution >= 0.6 is 0 Å². The van der Waals surface area contributed by atoms with Gasteiger partial charge in [-0.3, -0.25) is 0 Å². The number of nitrogens with zero attached hydrogens (tertiary/aromatic N) is 2. The van der Waals surface area contributed by atoms with E-state index < -0.39 is 0 Å².